The molecular formula is C21H34Cl2Hf. The third-order valence-electron chi connectivity index (χ3n) is 3.01. The first-order valence-electron chi connectivity index (χ1n) is 8.02. The molecule has 0 spiro atoms. The van der Waals surface area contributed by atoms with Gasteiger partial charge in [-0.25, -0.2) is 23.3 Å². The van der Waals surface area contributed by atoms with Crippen molar-refractivity contribution in [2.75, 3.05) is 0 Å². The molecule has 2 rings (SSSR count). The molecule has 0 fully saturated rings. The van der Waals surface area contributed by atoms with Crippen LogP contribution in [0.5, 0.6) is 0 Å². The third kappa shape index (κ3) is 14.6. The van der Waals surface area contributed by atoms with Gasteiger partial charge in [0.05, 0.1) is 0 Å². The Morgan fingerprint density at radius 2 is 1.04 bits per heavy atom. The van der Waals surface area contributed by atoms with Gasteiger partial charge in [0.2, 0.25) is 0 Å². The molecule has 2 aliphatic carbocycles. The largest absolute Gasteiger partial charge is 0.147 e. The Kier molecular flexibility index (Phi) is 16.3. The standard InChI is InChI=1S/2C9H13.C3H6.2ClH.Hf/c2*1-9(2,3)8-6-4-5-7-8;1-3-2;;;/h2*4,6H,5H2,1-3H3;1-2H3;2*1H;/q2*-1;;;;+2. The van der Waals surface area contributed by atoms with Crippen molar-refractivity contribution in [2.45, 2.75) is 68.2 Å². The topological polar surface area (TPSA) is 0 Å². The summed E-state index contributed by atoms with van der Waals surface area (Å²) in [4.78, 5) is 0. The SMILES string of the molecule is CC(C)(C)C1=[C-]CC=C1.CC(C)(C)C1=[C-]CC=C1.C[C](C)=[Hf+2].Cl.Cl. The van der Waals surface area contributed by atoms with Crippen molar-refractivity contribution in [1.29, 1.82) is 0 Å². The van der Waals surface area contributed by atoms with Crippen molar-refractivity contribution in [2.24, 2.45) is 10.8 Å². The van der Waals surface area contributed by atoms with Gasteiger partial charge in [-0.2, -0.15) is 12.2 Å². The van der Waals surface area contributed by atoms with Gasteiger partial charge in [0.1, 0.15) is 0 Å². The molecule has 0 N–H and O–H groups in total. The van der Waals surface area contributed by atoms with E-state index in [0.29, 0.717) is 10.8 Å². The summed E-state index contributed by atoms with van der Waals surface area (Å²) >= 11 is 1.27. The summed E-state index contributed by atoms with van der Waals surface area (Å²) in [7, 11) is 0. The van der Waals surface area contributed by atoms with Crippen LogP contribution >= 0.6 is 24.8 Å². The van der Waals surface area contributed by atoms with E-state index in [1.807, 2.05) is 0 Å². The fourth-order valence-electron chi connectivity index (χ4n) is 1.84. The normalized spacial score (nSPS) is 14.9. The molecule has 0 nitrogen and oxygen atoms in total. The molecule has 0 bridgehead atoms. The molecule has 3 heteroatoms. The minimum atomic E-state index is 0. The second kappa shape index (κ2) is 13.5. The second-order valence-electron chi connectivity index (χ2n) is 7.89. The number of allylic oxidation sites excluding steroid dienone is 8. The molecule has 136 valence electrons. The summed E-state index contributed by atoms with van der Waals surface area (Å²) in [5.41, 5.74) is 3.30. The molecule has 0 aromatic heterocycles. The van der Waals surface area contributed by atoms with Crippen LogP contribution in [0, 0.1) is 23.0 Å². The Labute approximate surface area is 177 Å². The minimum absolute atomic E-state index is 0. The molecule has 0 radical (unpaired) electrons. The van der Waals surface area contributed by atoms with Crippen LogP contribution in [0.25, 0.3) is 0 Å². The molecule has 24 heavy (non-hydrogen) atoms. The number of hydrogen-bond donors (Lipinski definition) is 0. The molecule has 0 aromatic rings. The van der Waals surface area contributed by atoms with E-state index in [-0.39, 0.29) is 24.8 Å². The Morgan fingerprint density at radius 1 is 0.792 bits per heavy atom. The van der Waals surface area contributed by atoms with E-state index >= 15 is 0 Å². The molecule has 0 amide bonds. The predicted octanol–water partition coefficient (Wildman–Crippen LogP) is 7.03. The van der Waals surface area contributed by atoms with Crippen LogP contribution in [-0.4, -0.2) is 3.26 Å². The molecule has 0 aliphatic heterocycles. The zero-order chi connectivity index (χ0) is 17.4. The third-order valence-corrected chi connectivity index (χ3v) is 3.01. The van der Waals surface area contributed by atoms with Crippen LogP contribution in [0.15, 0.2) is 35.5 Å². The van der Waals surface area contributed by atoms with Gasteiger partial charge in [-0.1, -0.05) is 41.5 Å². The van der Waals surface area contributed by atoms with Gasteiger partial charge in [-0.3, -0.25) is 12.2 Å². The quantitative estimate of drug-likeness (QED) is 0.231. The van der Waals surface area contributed by atoms with Gasteiger partial charge in [-0.05, 0) is 10.8 Å². The first-order valence-corrected chi connectivity index (χ1v) is 9.81. The molecular weight excluding hydrogens is 502 g/mol. The maximum absolute atomic E-state index is 3.30. The van der Waals surface area contributed by atoms with Crippen LogP contribution in [-0.2, 0) is 23.9 Å². The van der Waals surface area contributed by atoms with Crippen molar-refractivity contribution >= 4 is 28.1 Å². The zero-order valence-electron chi connectivity index (χ0n) is 16.5. The average molecular weight is 536 g/mol. The second-order valence-corrected chi connectivity index (χ2v) is 11.5. The summed E-state index contributed by atoms with van der Waals surface area (Å²) < 4.78 is 1.56. The Balaban J connectivity index is -0.000000283. The summed E-state index contributed by atoms with van der Waals surface area (Å²) in [5.74, 6) is 0. The monoisotopic (exact) mass is 536 g/mol. The maximum atomic E-state index is 3.30. The van der Waals surface area contributed by atoms with E-state index in [9.17, 15) is 0 Å². The number of rotatable bonds is 0. The van der Waals surface area contributed by atoms with Crippen molar-refractivity contribution in [1.82, 2.24) is 0 Å². The molecule has 0 saturated heterocycles. The summed E-state index contributed by atoms with van der Waals surface area (Å²) in [5, 5.41) is 0. The zero-order valence-corrected chi connectivity index (χ0v) is 21.8. The van der Waals surface area contributed by atoms with Crippen LogP contribution in [0.1, 0.15) is 68.2 Å². The fraction of sp³-hybridized carbons (Fsp3) is 0.571. The summed E-state index contributed by atoms with van der Waals surface area (Å²) in [6.07, 6.45) is 17.3. The van der Waals surface area contributed by atoms with Crippen LogP contribution < -0.4 is 0 Å². The minimum Gasteiger partial charge on any atom is -0.147 e. The first-order chi connectivity index (χ1) is 9.94. The van der Waals surface area contributed by atoms with Crippen LogP contribution in [0.4, 0.5) is 0 Å². The van der Waals surface area contributed by atoms with E-state index in [4.69, 9.17) is 0 Å². The van der Waals surface area contributed by atoms with E-state index in [0.717, 1.165) is 12.8 Å². The number of hydrogen-bond acceptors (Lipinski definition) is 0. The van der Waals surface area contributed by atoms with Gasteiger partial charge in [0, 0.05) is 0 Å². The molecule has 0 unspecified atom stereocenters. The van der Waals surface area contributed by atoms with Gasteiger partial charge in [0.15, 0.2) is 0 Å². The van der Waals surface area contributed by atoms with Crippen molar-refractivity contribution in [3.8, 4) is 0 Å². The van der Waals surface area contributed by atoms with Crippen LogP contribution in [0.2, 0.25) is 0 Å². The smallest absolute Gasteiger partial charge is 0.147 e. The van der Waals surface area contributed by atoms with Crippen molar-refractivity contribution < 1.29 is 23.9 Å². The molecule has 0 aromatic carbocycles. The van der Waals surface area contributed by atoms with E-state index in [1.54, 1.807) is 3.26 Å². The summed E-state index contributed by atoms with van der Waals surface area (Å²) in [6.45, 7) is 17.6. The van der Waals surface area contributed by atoms with Gasteiger partial charge in [-0.15, -0.1) is 37.7 Å². The molecule has 2 aliphatic rings. The van der Waals surface area contributed by atoms with E-state index in [1.165, 1.54) is 35.0 Å². The first kappa shape index (κ1) is 29.1. The Hall–Kier alpha value is 0.280. The van der Waals surface area contributed by atoms with E-state index < -0.39 is 0 Å². The summed E-state index contributed by atoms with van der Waals surface area (Å²) in [6, 6.07) is 0. The predicted molar refractivity (Wildman–Crippen MR) is 111 cm³/mol. The van der Waals surface area contributed by atoms with Crippen LogP contribution in [0.3, 0.4) is 0 Å². The number of halogens is 2. The fourth-order valence-corrected chi connectivity index (χ4v) is 1.84. The maximum Gasteiger partial charge on any atom is -0.147 e. The van der Waals surface area contributed by atoms with Crippen molar-refractivity contribution in [3.05, 3.63) is 47.6 Å². The van der Waals surface area contributed by atoms with Gasteiger partial charge >= 0.3 is 41.0 Å². The average Bonchev–Trinajstić information content (AvgIpc) is 3.02. The van der Waals surface area contributed by atoms with Gasteiger partial charge in [0.25, 0.3) is 0 Å². The molecule has 0 saturated carbocycles. The Bertz CT molecular complexity index is 437. The van der Waals surface area contributed by atoms with Crippen molar-refractivity contribution in [3.63, 3.8) is 0 Å². The molecule has 0 atom stereocenters. The van der Waals surface area contributed by atoms with Gasteiger partial charge < -0.3 is 0 Å². The van der Waals surface area contributed by atoms with E-state index in [2.05, 4.69) is 91.8 Å². The Morgan fingerprint density at radius 3 is 1.12 bits per heavy atom. The molecule has 0 heterocycles.